The average Bonchev–Trinajstić information content (AvgIpc) is 2.31. The molecule has 1 aromatic carbocycles. The lowest BCUT2D eigenvalue weighted by Crippen LogP contribution is -1.90. The first kappa shape index (κ1) is 9.86. The Kier molecular flexibility index (Phi) is 2.48. The highest BCUT2D eigenvalue weighted by atomic mass is 35.5. The Hall–Kier alpha value is -1.22. The third kappa shape index (κ3) is 1.47. The first-order valence-electron chi connectivity index (χ1n) is 3.85. The topological polar surface area (TPSA) is 43.8 Å². The van der Waals surface area contributed by atoms with Crippen LogP contribution in [0.1, 0.15) is 5.56 Å². The van der Waals surface area contributed by atoms with Gasteiger partial charge < -0.3 is 10.3 Å². The maximum atomic E-state index is 5.68. The van der Waals surface area contributed by atoms with Crippen molar-refractivity contribution in [2.45, 2.75) is 6.92 Å². The number of benzene rings is 1. The third-order valence-corrected chi connectivity index (χ3v) is 2.03. The van der Waals surface area contributed by atoms with Gasteiger partial charge >= 0.3 is 0 Å². The van der Waals surface area contributed by atoms with Crippen LogP contribution in [0, 0.1) is 6.92 Å². The van der Waals surface area contributed by atoms with Crippen molar-refractivity contribution in [1.29, 1.82) is 0 Å². The highest BCUT2D eigenvalue weighted by Crippen LogP contribution is 2.19. The summed E-state index contributed by atoms with van der Waals surface area (Å²) in [7, 11) is 1.98. The molecule has 0 amide bonds. The van der Waals surface area contributed by atoms with E-state index in [0.29, 0.717) is 0 Å². The number of nitrogens with zero attached hydrogens (tertiary/aromatic N) is 2. The van der Waals surface area contributed by atoms with Gasteiger partial charge in [-0.05, 0) is 24.6 Å². The normalized spacial score (nSPS) is 10.0. The molecule has 0 bridgehead atoms. The van der Waals surface area contributed by atoms with Gasteiger partial charge in [0.1, 0.15) is 0 Å². The highest BCUT2D eigenvalue weighted by Gasteiger charge is 2.02. The second-order valence-corrected chi connectivity index (χ2v) is 3.06. The number of aromatic nitrogens is 2. The van der Waals surface area contributed by atoms with E-state index in [-0.39, 0.29) is 12.4 Å². The minimum absolute atomic E-state index is 0. The van der Waals surface area contributed by atoms with Crippen molar-refractivity contribution in [3.8, 4) is 0 Å². The van der Waals surface area contributed by atoms with Gasteiger partial charge in [-0.1, -0.05) is 0 Å². The van der Waals surface area contributed by atoms with Gasteiger partial charge in [-0.15, -0.1) is 12.4 Å². The molecule has 0 saturated heterocycles. The first-order chi connectivity index (χ1) is 5.68. The van der Waals surface area contributed by atoms with Crippen LogP contribution in [0.2, 0.25) is 0 Å². The van der Waals surface area contributed by atoms with Crippen molar-refractivity contribution in [3.05, 3.63) is 24.0 Å². The fraction of sp³-hybridized carbons (Fsp3) is 0.222. The molecule has 2 N–H and O–H groups in total. The van der Waals surface area contributed by atoms with Crippen LogP contribution in [0.3, 0.4) is 0 Å². The lowest BCUT2D eigenvalue weighted by molar-refractivity contribution is 0.944. The molecule has 4 heteroatoms. The van der Waals surface area contributed by atoms with Gasteiger partial charge in [-0.25, -0.2) is 4.98 Å². The number of rotatable bonds is 0. The quantitative estimate of drug-likeness (QED) is 0.656. The lowest BCUT2D eigenvalue weighted by atomic mass is 10.2. The van der Waals surface area contributed by atoms with E-state index in [1.165, 1.54) is 5.56 Å². The minimum atomic E-state index is 0. The van der Waals surface area contributed by atoms with Gasteiger partial charge in [0.05, 0.1) is 17.4 Å². The number of fused-ring (bicyclic) bond motifs is 1. The van der Waals surface area contributed by atoms with Crippen molar-refractivity contribution in [2.24, 2.45) is 7.05 Å². The zero-order valence-corrected chi connectivity index (χ0v) is 8.43. The molecule has 2 rings (SSSR count). The van der Waals surface area contributed by atoms with Crippen molar-refractivity contribution in [2.75, 3.05) is 5.73 Å². The molecule has 0 radical (unpaired) electrons. The van der Waals surface area contributed by atoms with Crippen LogP contribution in [-0.4, -0.2) is 9.55 Å². The largest absolute Gasteiger partial charge is 0.399 e. The number of hydrogen-bond acceptors (Lipinski definition) is 2. The third-order valence-electron chi connectivity index (χ3n) is 2.03. The van der Waals surface area contributed by atoms with E-state index in [0.717, 1.165) is 16.7 Å². The van der Waals surface area contributed by atoms with E-state index in [2.05, 4.69) is 4.98 Å². The first-order valence-corrected chi connectivity index (χ1v) is 3.85. The van der Waals surface area contributed by atoms with Gasteiger partial charge in [-0.3, -0.25) is 0 Å². The SMILES string of the molecule is Cc1cc(N)cc2ncn(C)c12.Cl. The summed E-state index contributed by atoms with van der Waals surface area (Å²) in [5, 5.41) is 0. The zero-order chi connectivity index (χ0) is 8.72. The van der Waals surface area contributed by atoms with Gasteiger partial charge in [-0.2, -0.15) is 0 Å². The van der Waals surface area contributed by atoms with Gasteiger partial charge in [0.25, 0.3) is 0 Å². The van der Waals surface area contributed by atoms with Crippen molar-refractivity contribution in [3.63, 3.8) is 0 Å². The second-order valence-electron chi connectivity index (χ2n) is 3.06. The molecule has 2 aromatic rings. The number of nitrogen functional groups attached to an aromatic ring is 1. The Labute approximate surface area is 83.0 Å². The van der Waals surface area contributed by atoms with Crippen molar-refractivity contribution < 1.29 is 0 Å². The van der Waals surface area contributed by atoms with Crippen molar-refractivity contribution >= 4 is 29.1 Å². The molecule has 0 spiro atoms. The summed E-state index contributed by atoms with van der Waals surface area (Å²) in [5.74, 6) is 0. The molecule has 0 fully saturated rings. The molecular weight excluding hydrogens is 186 g/mol. The Morgan fingerprint density at radius 1 is 1.38 bits per heavy atom. The monoisotopic (exact) mass is 197 g/mol. The zero-order valence-electron chi connectivity index (χ0n) is 7.61. The Bertz CT molecular complexity index is 434. The van der Waals surface area contributed by atoms with Crippen LogP contribution in [0.4, 0.5) is 5.69 Å². The number of anilines is 1. The van der Waals surface area contributed by atoms with Gasteiger partial charge in [0.2, 0.25) is 0 Å². The second kappa shape index (κ2) is 3.26. The molecule has 0 aliphatic carbocycles. The van der Waals surface area contributed by atoms with E-state index in [1.54, 1.807) is 6.33 Å². The molecule has 0 unspecified atom stereocenters. The fourth-order valence-electron chi connectivity index (χ4n) is 1.55. The predicted octanol–water partition coefficient (Wildman–Crippen LogP) is 1.89. The Morgan fingerprint density at radius 2 is 2.08 bits per heavy atom. The number of hydrogen-bond donors (Lipinski definition) is 1. The van der Waals surface area contributed by atoms with Gasteiger partial charge in [0.15, 0.2) is 0 Å². The molecule has 13 heavy (non-hydrogen) atoms. The molecule has 0 aliphatic heterocycles. The summed E-state index contributed by atoms with van der Waals surface area (Å²) in [6, 6.07) is 3.85. The maximum absolute atomic E-state index is 5.68. The molecule has 3 nitrogen and oxygen atoms in total. The summed E-state index contributed by atoms with van der Waals surface area (Å²) >= 11 is 0. The summed E-state index contributed by atoms with van der Waals surface area (Å²) in [4.78, 5) is 4.22. The maximum Gasteiger partial charge on any atom is 0.0955 e. The van der Waals surface area contributed by atoms with E-state index >= 15 is 0 Å². The number of imidazole rings is 1. The standard InChI is InChI=1S/C9H11N3.ClH/c1-6-3-7(10)4-8-9(6)12(2)5-11-8;/h3-5H,10H2,1-2H3;1H. The molecule has 0 atom stereocenters. The molecule has 0 saturated carbocycles. The smallest absolute Gasteiger partial charge is 0.0955 e. The Balaban J connectivity index is 0.000000845. The van der Waals surface area contributed by atoms with Crippen LogP contribution in [0.15, 0.2) is 18.5 Å². The molecule has 1 heterocycles. The van der Waals surface area contributed by atoms with Crippen LogP contribution < -0.4 is 5.73 Å². The molecule has 70 valence electrons. The van der Waals surface area contributed by atoms with Crippen LogP contribution in [-0.2, 0) is 7.05 Å². The van der Waals surface area contributed by atoms with E-state index in [1.807, 2.05) is 30.7 Å². The predicted molar refractivity (Wildman–Crippen MR) is 57.1 cm³/mol. The number of aryl methyl sites for hydroxylation is 2. The van der Waals surface area contributed by atoms with Crippen LogP contribution in [0.25, 0.3) is 11.0 Å². The number of nitrogens with two attached hydrogens (primary N) is 1. The molecule has 0 aliphatic rings. The van der Waals surface area contributed by atoms with E-state index in [4.69, 9.17) is 5.73 Å². The summed E-state index contributed by atoms with van der Waals surface area (Å²) < 4.78 is 2.00. The summed E-state index contributed by atoms with van der Waals surface area (Å²) in [6.45, 7) is 2.04. The van der Waals surface area contributed by atoms with E-state index in [9.17, 15) is 0 Å². The highest BCUT2D eigenvalue weighted by molar-refractivity contribution is 5.85. The average molecular weight is 198 g/mol. The molecule has 1 aromatic heterocycles. The Morgan fingerprint density at radius 3 is 2.77 bits per heavy atom. The number of halogens is 1. The fourth-order valence-corrected chi connectivity index (χ4v) is 1.55. The summed E-state index contributed by atoms with van der Waals surface area (Å²) in [5.41, 5.74) is 9.76. The lowest BCUT2D eigenvalue weighted by Gasteiger charge is -2.00. The molecular formula is C9H12ClN3. The van der Waals surface area contributed by atoms with E-state index < -0.39 is 0 Å². The minimum Gasteiger partial charge on any atom is -0.399 e. The van der Waals surface area contributed by atoms with Crippen molar-refractivity contribution in [1.82, 2.24) is 9.55 Å². The van der Waals surface area contributed by atoms with Gasteiger partial charge in [0, 0.05) is 12.7 Å². The van der Waals surface area contributed by atoms with Crippen LogP contribution >= 0.6 is 12.4 Å². The summed E-state index contributed by atoms with van der Waals surface area (Å²) in [6.07, 6.45) is 1.80. The van der Waals surface area contributed by atoms with Crippen LogP contribution in [0.5, 0.6) is 0 Å².